The van der Waals surface area contributed by atoms with Gasteiger partial charge < -0.3 is 20.3 Å². The van der Waals surface area contributed by atoms with Crippen molar-refractivity contribution in [3.63, 3.8) is 0 Å². The van der Waals surface area contributed by atoms with Crippen LogP contribution in [0, 0.1) is 0 Å². The van der Waals surface area contributed by atoms with E-state index in [2.05, 4.69) is 30.5 Å². The van der Waals surface area contributed by atoms with Gasteiger partial charge in [0.05, 0.1) is 6.61 Å². The maximum Gasteiger partial charge on any atom is 0.231 e. The minimum Gasteiger partial charge on any atom is -0.383 e. The third kappa shape index (κ3) is 3.66. The minimum atomic E-state index is 0.156. The first-order valence-corrected chi connectivity index (χ1v) is 6.67. The van der Waals surface area contributed by atoms with Gasteiger partial charge in [0, 0.05) is 33.3 Å². The lowest BCUT2D eigenvalue weighted by atomic mass is 10.4. The van der Waals surface area contributed by atoms with Crippen LogP contribution in [0.2, 0.25) is 0 Å². The van der Waals surface area contributed by atoms with E-state index in [1.807, 2.05) is 14.0 Å². The second-order valence-electron chi connectivity index (χ2n) is 4.73. The van der Waals surface area contributed by atoms with Gasteiger partial charge in [-0.05, 0) is 19.8 Å². The van der Waals surface area contributed by atoms with Gasteiger partial charge in [-0.25, -0.2) is 0 Å². The smallest absolute Gasteiger partial charge is 0.231 e. The molecule has 1 saturated heterocycles. The van der Waals surface area contributed by atoms with Gasteiger partial charge in [-0.2, -0.15) is 15.0 Å². The molecule has 1 fully saturated rings. The summed E-state index contributed by atoms with van der Waals surface area (Å²) in [6.07, 6.45) is 2.40. The van der Waals surface area contributed by atoms with Crippen molar-refractivity contribution in [3.8, 4) is 0 Å². The molecule has 106 valence electrons. The Morgan fingerprint density at radius 3 is 2.53 bits per heavy atom. The van der Waals surface area contributed by atoms with E-state index in [1.165, 1.54) is 12.8 Å². The number of rotatable bonds is 6. The highest BCUT2D eigenvalue weighted by atomic mass is 16.5. The summed E-state index contributed by atoms with van der Waals surface area (Å²) < 4.78 is 5.10. The summed E-state index contributed by atoms with van der Waals surface area (Å²) in [7, 11) is 3.49. The molecule has 0 spiro atoms. The van der Waals surface area contributed by atoms with Gasteiger partial charge in [0.25, 0.3) is 0 Å². The number of hydrogen-bond donors (Lipinski definition) is 2. The van der Waals surface area contributed by atoms with Gasteiger partial charge in [-0.3, -0.25) is 0 Å². The Morgan fingerprint density at radius 1 is 1.21 bits per heavy atom. The van der Waals surface area contributed by atoms with Gasteiger partial charge in [0.2, 0.25) is 17.8 Å². The first-order valence-electron chi connectivity index (χ1n) is 6.67. The lowest BCUT2D eigenvalue weighted by molar-refractivity contribution is 0.190. The largest absolute Gasteiger partial charge is 0.383 e. The lowest BCUT2D eigenvalue weighted by Gasteiger charge is -2.18. The third-order valence-corrected chi connectivity index (χ3v) is 3.03. The van der Waals surface area contributed by atoms with Gasteiger partial charge >= 0.3 is 0 Å². The third-order valence-electron chi connectivity index (χ3n) is 3.03. The number of anilines is 3. The second kappa shape index (κ2) is 6.51. The number of methoxy groups -OCH3 is 1. The van der Waals surface area contributed by atoms with E-state index in [0.717, 1.165) is 19.0 Å². The highest BCUT2D eigenvalue weighted by Crippen LogP contribution is 2.18. The quantitative estimate of drug-likeness (QED) is 0.794. The van der Waals surface area contributed by atoms with Crippen LogP contribution in [0.25, 0.3) is 0 Å². The van der Waals surface area contributed by atoms with Crippen molar-refractivity contribution in [1.29, 1.82) is 0 Å². The molecule has 2 N–H and O–H groups in total. The van der Waals surface area contributed by atoms with Crippen molar-refractivity contribution >= 4 is 17.8 Å². The summed E-state index contributed by atoms with van der Waals surface area (Å²) in [6, 6.07) is 0.156. The van der Waals surface area contributed by atoms with Crippen LogP contribution in [0.4, 0.5) is 17.8 Å². The monoisotopic (exact) mass is 266 g/mol. The van der Waals surface area contributed by atoms with Crippen molar-refractivity contribution in [1.82, 2.24) is 15.0 Å². The van der Waals surface area contributed by atoms with E-state index in [0.29, 0.717) is 18.5 Å². The fourth-order valence-corrected chi connectivity index (χ4v) is 2.11. The molecule has 0 bridgehead atoms. The van der Waals surface area contributed by atoms with Crippen molar-refractivity contribution < 1.29 is 4.74 Å². The first kappa shape index (κ1) is 13.8. The average Bonchev–Trinajstić information content (AvgIpc) is 2.92. The molecule has 7 nitrogen and oxygen atoms in total. The fraction of sp³-hybridized carbons (Fsp3) is 0.750. The van der Waals surface area contributed by atoms with E-state index in [9.17, 15) is 0 Å². The summed E-state index contributed by atoms with van der Waals surface area (Å²) in [5, 5.41) is 6.20. The number of nitrogens with zero attached hydrogens (tertiary/aromatic N) is 4. The lowest BCUT2D eigenvalue weighted by Crippen LogP contribution is -2.25. The normalized spacial score (nSPS) is 16.5. The molecule has 0 radical (unpaired) electrons. The zero-order valence-corrected chi connectivity index (χ0v) is 11.8. The fourth-order valence-electron chi connectivity index (χ4n) is 2.11. The molecule has 0 aromatic carbocycles. The predicted molar refractivity (Wildman–Crippen MR) is 75.8 cm³/mol. The molecule has 2 rings (SSSR count). The van der Waals surface area contributed by atoms with E-state index < -0.39 is 0 Å². The molecule has 0 aliphatic carbocycles. The number of nitrogens with one attached hydrogen (secondary N) is 2. The molecule has 1 aromatic heterocycles. The highest BCUT2D eigenvalue weighted by Gasteiger charge is 2.17. The summed E-state index contributed by atoms with van der Waals surface area (Å²) >= 11 is 0. The summed E-state index contributed by atoms with van der Waals surface area (Å²) in [4.78, 5) is 15.4. The van der Waals surface area contributed by atoms with Crippen molar-refractivity contribution in [3.05, 3.63) is 0 Å². The minimum absolute atomic E-state index is 0.156. The van der Waals surface area contributed by atoms with Crippen LogP contribution in [0.3, 0.4) is 0 Å². The molecule has 0 amide bonds. The number of aromatic nitrogens is 3. The van der Waals surface area contributed by atoms with Gasteiger partial charge in [-0.1, -0.05) is 0 Å². The van der Waals surface area contributed by atoms with Gasteiger partial charge in [0.1, 0.15) is 0 Å². The predicted octanol–water partition coefficient (Wildman–Crippen LogP) is 0.960. The molecule has 0 saturated carbocycles. The SMILES string of the molecule is CNc1nc(NC(C)COC)nc(N2CCCC2)n1. The summed E-state index contributed by atoms with van der Waals surface area (Å²) in [6.45, 7) is 4.67. The van der Waals surface area contributed by atoms with E-state index in [1.54, 1.807) is 7.11 Å². The molecule has 1 unspecified atom stereocenters. The molecular formula is C12H22N6O. The van der Waals surface area contributed by atoms with E-state index >= 15 is 0 Å². The average molecular weight is 266 g/mol. The highest BCUT2D eigenvalue weighted by molar-refractivity contribution is 5.44. The van der Waals surface area contributed by atoms with Crippen LogP contribution in [-0.2, 0) is 4.74 Å². The van der Waals surface area contributed by atoms with Crippen LogP contribution >= 0.6 is 0 Å². The molecule has 2 heterocycles. The number of hydrogen-bond acceptors (Lipinski definition) is 7. The molecule has 1 aromatic rings. The van der Waals surface area contributed by atoms with Crippen molar-refractivity contribution in [2.75, 3.05) is 49.4 Å². The van der Waals surface area contributed by atoms with Crippen LogP contribution in [-0.4, -0.2) is 54.8 Å². The molecule has 7 heteroatoms. The zero-order chi connectivity index (χ0) is 13.7. The first-order chi connectivity index (χ1) is 9.22. The summed E-state index contributed by atoms with van der Waals surface area (Å²) in [5.41, 5.74) is 0. The molecule has 1 atom stereocenters. The van der Waals surface area contributed by atoms with Gasteiger partial charge in [0.15, 0.2) is 0 Å². The standard InChI is InChI=1S/C12H22N6O/c1-9(8-19-3)14-11-15-10(13-2)16-12(17-11)18-6-4-5-7-18/h9H,4-8H2,1-3H3,(H2,13,14,15,16,17). The van der Waals surface area contributed by atoms with Gasteiger partial charge in [-0.15, -0.1) is 0 Å². The molecular weight excluding hydrogens is 244 g/mol. The maximum absolute atomic E-state index is 5.10. The Bertz CT molecular complexity index is 407. The Labute approximate surface area is 113 Å². The van der Waals surface area contributed by atoms with Crippen LogP contribution in [0.15, 0.2) is 0 Å². The Kier molecular flexibility index (Phi) is 4.73. The van der Waals surface area contributed by atoms with E-state index in [-0.39, 0.29) is 6.04 Å². The topological polar surface area (TPSA) is 75.2 Å². The van der Waals surface area contributed by atoms with Crippen molar-refractivity contribution in [2.24, 2.45) is 0 Å². The van der Waals surface area contributed by atoms with Crippen LogP contribution in [0.1, 0.15) is 19.8 Å². The maximum atomic E-state index is 5.10. The number of ether oxygens (including phenoxy) is 1. The summed E-state index contributed by atoms with van der Waals surface area (Å²) in [5.74, 6) is 1.92. The Hall–Kier alpha value is -1.63. The zero-order valence-electron chi connectivity index (χ0n) is 11.8. The van der Waals surface area contributed by atoms with Crippen LogP contribution in [0.5, 0.6) is 0 Å². The molecule has 19 heavy (non-hydrogen) atoms. The second-order valence-corrected chi connectivity index (χ2v) is 4.73. The van der Waals surface area contributed by atoms with Crippen LogP contribution < -0.4 is 15.5 Å². The van der Waals surface area contributed by atoms with E-state index in [4.69, 9.17) is 4.74 Å². The van der Waals surface area contributed by atoms with Crippen molar-refractivity contribution in [2.45, 2.75) is 25.8 Å². The molecule has 1 aliphatic heterocycles. The Morgan fingerprint density at radius 2 is 1.89 bits per heavy atom. The Balaban J connectivity index is 2.15. The molecule has 1 aliphatic rings.